The molecule has 0 aliphatic carbocycles. The Hall–Kier alpha value is -1.95. The van der Waals surface area contributed by atoms with Gasteiger partial charge < -0.3 is 4.74 Å². The van der Waals surface area contributed by atoms with Crippen LogP contribution in [-0.4, -0.2) is 29.3 Å². The van der Waals surface area contributed by atoms with Crippen LogP contribution in [0.25, 0.3) is 10.9 Å². The fourth-order valence-electron chi connectivity index (χ4n) is 2.64. The molecule has 1 aromatic heterocycles. The zero-order valence-corrected chi connectivity index (χ0v) is 16.2. The molecule has 0 radical (unpaired) electrons. The molecule has 0 unspecified atom stereocenters. The number of thioether (sulfide) groups is 1. The van der Waals surface area contributed by atoms with Crippen molar-refractivity contribution >= 4 is 57.7 Å². The fraction of sp³-hybridized carbons (Fsp3) is 0.158. The summed E-state index contributed by atoms with van der Waals surface area (Å²) in [7, 11) is 1.32. The molecule has 3 rings (SSSR count). The number of esters is 1. The molecule has 134 valence electrons. The van der Waals surface area contributed by atoms with Crippen LogP contribution in [0.5, 0.6) is 0 Å². The Bertz CT molecular complexity index is 964. The molecule has 0 saturated heterocycles. The first-order valence-electron chi connectivity index (χ1n) is 7.75. The summed E-state index contributed by atoms with van der Waals surface area (Å²) >= 11 is 13.7. The summed E-state index contributed by atoms with van der Waals surface area (Å²) in [5, 5.41) is 1.85. The molecular weight excluding hydrogens is 393 g/mol. The average molecular weight is 408 g/mol. The van der Waals surface area contributed by atoms with Crippen LogP contribution >= 0.6 is 35.0 Å². The molecule has 0 aliphatic rings. The molecule has 2 aromatic carbocycles. The molecule has 0 aliphatic heterocycles. The molecule has 7 heteroatoms. The first-order chi connectivity index (χ1) is 12.5. The quantitative estimate of drug-likeness (QED) is 0.537. The van der Waals surface area contributed by atoms with E-state index in [9.17, 15) is 9.59 Å². The number of nitrogens with zero attached hydrogens (tertiary/aromatic N) is 1. The van der Waals surface area contributed by atoms with Crippen LogP contribution < -0.4 is 0 Å². The molecule has 0 fully saturated rings. The van der Waals surface area contributed by atoms with E-state index < -0.39 is 5.97 Å². The van der Waals surface area contributed by atoms with E-state index in [-0.39, 0.29) is 11.7 Å². The fourth-order valence-corrected chi connectivity index (χ4v) is 4.26. The number of carbonyl (C=O) groups excluding carboxylic acids is 2. The van der Waals surface area contributed by atoms with Crippen molar-refractivity contribution < 1.29 is 14.3 Å². The summed E-state index contributed by atoms with van der Waals surface area (Å²) < 4.78 is 6.29. The predicted molar refractivity (Wildman–Crippen MR) is 107 cm³/mol. The van der Waals surface area contributed by atoms with Crippen molar-refractivity contribution in [2.24, 2.45) is 0 Å². The van der Waals surface area contributed by atoms with Crippen LogP contribution in [0.1, 0.15) is 20.7 Å². The largest absolute Gasteiger partial charge is 0.465 e. The van der Waals surface area contributed by atoms with Gasteiger partial charge in [0.2, 0.25) is 5.91 Å². The van der Waals surface area contributed by atoms with Crippen molar-refractivity contribution in [3.8, 4) is 0 Å². The average Bonchev–Trinajstić information content (AvgIpc) is 3.03. The Morgan fingerprint density at radius 3 is 2.46 bits per heavy atom. The van der Waals surface area contributed by atoms with E-state index in [4.69, 9.17) is 27.9 Å². The van der Waals surface area contributed by atoms with Gasteiger partial charge in [-0.25, -0.2) is 4.79 Å². The highest BCUT2D eigenvalue weighted by atomic mass is 35.5. The maximum Gasteiger partial charge on any atom is 0.340 e. The Labute approximate surface area is 165 Å². The van der Waals surface area contributed by atoms with E-state index in [0.29, 0.717) is 32.3 Å². The normalized spacial score (nSPS) is 10.9. The number of para-hydroxylation sites is 1. The van der Waals surface area contributed by atoms with Crippen molar-refractivity contribution in [3.63, 3.8) is 0 Å². The smallest absolute Gasteiger partial charge is 0.340 e. The lowest BCUT2D eigenvalue weighted by Gasteiger charge is -2.07. The van der Waals surface area contributed by atoms with Crippen LogP contribution in [0.3, 0.4) is 0 Å². The van der Waals surface area contributed by atoms with Gasteiger partial charge in [0.15, 0.2) is 0 Å². The van der Waals surface area contributed by atoms with Gasteiger partial charge in [0.25, 0.3) is 0 Å². The lowest BCUT2D eigenvalue weighted by Crippen LogP contribution is -2.12. The number of fused-ring (bicyclic) bond motifs is 1. The Balaban J connectivity index is 1.79. The van der Waals surface area contributed by atoms with Gasteiger partial charge in [-0.3, -0.25) is 9.36 Å². The number of hydrogen-bond donors (Lipinski definition) is 0. The summed E-state index contributed by atoms with van der Waals surface area (Å²) in [4.78, 5) is 24.6. The van der Waals surface area contributed by atoms with Crippen LogP contribution in [0.4, 0.5) is 0 Å². The number of hydrogen-bond acceptors (Lipinski definition) is 4. The zero-order chi connectivity index (χ0) is 18.7. The second kappa shape index (κ2) is 8.16. The topological polar surface area (TPSA) is 48.3 Å². The summed E-state index contributed by atoms with van der Waals surface area (Å²) in [5.41, 5.74) is 1.85. The molecular formula is C19H15Cl2NO3S. The minimum Gasteiger partial charge on any atom is -0.465 e. The van der Waals surface area contributed by atoms with E-state index in [1.165, 1.54) is 29.6 Å². The number of aromatic nitrogens is 1. The molecule has 26 heavy (non-hydrogen) atoms. The monoisotopic (exact) mass is 407 g/mol. The number of carbonyl (C=O) groups is 2. The first-order valence-corrected chi connectivity index (χ1v) is 9.66. The van der Waals surface area contributed by atoms with E-state index in [2.05, 4.69) is 0 Å². The summed E-state index contributed by atoms with van der Waals surface area (Å²) in [6.45, 7) is 0. The second-order valence-electron chi connectivity index (χ2n) is 5.51. The summed E-state index contributed by atoms with van der Waals surface area (Å²) in [6, 6.07) is 12.6. The van der Waals surface area contributed by atoms with Gasteiger partial charge in [0, 0.05) is 27.4 Å². The maximum absolute atomic E-state index is 12.7. The molecule has 1 heterocycles. The number of halogens is 2. The third kappa shape index (κ3) is 3.75. The lowest BCUT2D eigenvalue weighted by molar-refractivity contribution is 0.0603. The first kappa shape index (κ1) is 18.8. The highest BCUT2D eigenvalue weighted by molar-refractivity contribution is 7.99. The van der Waals surface area contributed by atoms with Gasteiger partial charge >= 0.3 is 5.97 Å². The maximum atomic E-state index is 12.7. The third-order valence-electron chi connectivity index (χ3n) is 3.92. The highest BCUT2D eigenvalue weighted by Crippen LogP contribution is 2.29. The zero-order valence-electron chi connectivity index (χ0n) is 13.9. The molecule has 0 saturated carbocycles. The van der Waals surface area contributed by atoms with Gasteiger partial charge in [-0.15, -0.1) is 11.8 Å². The second-order valence-corrected chi connectivity index (χ2v) is 7.31. The van der Waals surface area contributed by atoms with E-state index in [1.54, 1.807) is 30.3 Å². The predicted octanol–water partition coefficient (Wildman–Crippen LogP) is 5.31. The van der Waals surface area contributed by atoms with E-state index in [1.807, 2.05) is 12.1 Å². The van der Waals surface area contributed by atoms with E-state index >= 15 is 0 Å². The molecule has 0 amide bonds. The van der Waals surface area contributed by atoms with E-state index in [0.717, 1.165) is 5.56 Å². The third-order valence-corrected chi connectivity index (χ3v) is 5.57. The molecule has 4 nitrogen and oxygen atoms in total. The van der Waals surface area contributed by atoms with Crippen LogP contribution in [0.15, 0.2) is 48.7 Å². The van der Waals surface area contributed by atoms with Gasteiger partial charge in [-0.2, -0.15) is 0 Å². The molecule has 0 atom stereocenters. The standard InChI is InChI=1S/C19H15Cl2NO3S/c1-25-19(24)13-9-22(17-8-3-2-5-12(13)17)18(23)11-26-10-14-15(20)6-4-7-16(14)21/h2-9H,10-11H2,1H3. The van der Waals surface area contributed by atoms with Gasteiger partial charge in [-0.1, -0.05) is 47.5 Å². The van der Waals surface area contributed by atoms with Crippen molar-refractivity contribution in [1.82, 2.24) is 4.57 Å². The Morgan fingerprint density at radius 1 is 1.08 bits per heavy atom. The van der Waals surface area contributed by atoms with Crippen LogP contribution in [0, 0.1) is 0 Å². The minimum absolute atomic E-state index is 0.135. The summed E-state index contributed by atoms with van der Waals surface area (Å²) in [6.07, 6.45) is 1.53. The number of ether oxygens (including phenoxy) is 1. The number of benzene rings is 2. The lowest BCUT2D eigenvalue weighted by atomic mass is 10.2. The number of methoxy groups -OCH3 is 1. The van der Waals surface area contributed by atoms with Crippen molar-refractivity contribution in [3.05, 3.63) is 69.8 Å². The van der Waals surface area contributed by atoms with Crippen molar-refractivity contribution in [1.29, 1.82) is 0 Å². The van der Waals surface area contributed by atoms with Gasteiger partial charge in [0.1, 0.15) is 0 Å². The Morgan fingerprint density at radius 2 is 1.77 bits per heavy atom. The number of rotatable bonds is 5. The molecule has 3 aromatic rings. The van der Waals surface area contributed by atoms with Crippen molar-refractivity contribution in [2.45, 2.75) is 5.75 Å². The molecule has 0 spiro atoms. The summed E-state index contributed by atoms with van der Waals surface area (Å²) in [5.74, 6) is 0.140. The molecule has 0 bridgehead atoms. The van der Waals surface area contributed by atoms with Crippen LogP contribution in [-0.2, 0) is 10.5 Å². The van der Waals surface area contributed by atoms with Gasteiger partial charge in [-0.05, 0) is 23.8 Å². The van der Waals surface area contributed by atoms with Crippen LogP contribution in [0.2, 0.25) is 10.0 Å². The minimum atomic E-state index is -0.469. The van der Waals surface area contributed by atoms with Gasteiger partial charge in [0.05, 0.1) is 23.9 Å². The highest BCUT2D eigenvalue weighted by Gasteiger charge is 2.18. The SMILES string of the molecule is COC(=O)c1cn(C(=O)CSCc2c(Cl)cccc2Cl)c2ccccc12. The Kier molecular flexibility index (Phi) is 5.91. The molecule has 0 N–H and O–H groups in total. The van der Waals surface area contributed by atoms with Crippen molar-refractivity contribution in [2.75, 3.05) is 12.9 Å².